The average Bonchev–Trinajstić information content (AvgIpc) is 3.10. The van der Waals surface area contributed by atoms with E-state index in [2.05, 4.69) is 40.4 Å². The van der Waals surface area contributed by atoms with Gasteiger partial charge in [0.05, 0.1) is 47.4 Å². The molecule has 5 rings (SSSR count). The van der Waals surface area contributed by atoms with Gasteiger partial charge in [0.25, 0.3) is 15.9 Å². The van der Waals surface area contributed by atoms with Crippen molar-refractivity contribution in [1.82, 2.24) is 29.7 Å². The number of ether oxygens (including phenoxy) is 2. The zero-order valence-electron chi connectivity index (χ0n) is 32.5. The molecule has 0 spiro atoms. The number of amides is 2. The molecule has 54 heavy (non-hydrogen) atoms. The minimum absolute atomic E-state index is 0.0456. The van der Waals surface area contributed by atoms with Gasteiger partial charge in [-0.2, -0.15) is 4.98 Å². The Hall–Kier alpha value is -5.31. The number of benzene rings is 2. The Balaban J connectivity index is 1.54. The molecule has 15 heteroatoms. The fourth-order valence-corrected chi connectivity index (χ4v) is 7.16. The second kappa shape index (κ2) is 16.4. The van der Waals surface area contributed by atoms with Crippen molar-refractivity contribution in [3.63, 3.8) is 0 Å². The molecule has 1 aliphatic heterocycles. The van der Waals surface area contributed by atoms with E-state index < -0.39 is 28.1 Å². The van der Waals surface area contributed by atoms with E-state index in [9.17, 15) is 18.0 Å². The number of anilines is 2. The number of rotatable bonds is 9. The Morgan fingerprint density at radius 3 is 2.41 bits per heavy atom. The van der Waals surface area contributed by atoms with E-state index in [-0.39, 0.29) is 47.0 Å². The third-order valence-electron chi connectivity index (χ3n) is 8.84. The summed E-state index contributed by atoms with van der Waals surface area (Å²) in [4.78, 5) is 50.2. The van der Waals surface area contributed by atoms with Gasteiger partial charge >= 0.3 is 6.09 Å². The summed E-state index contributed by atoms with van der Waals surface area (Å²) in [7, 11) is -0.702. The lowest BCUT2D eigenvalue weighted by Gasteiger charge is -2.35. The van der Waals surface area contributed by atoms with E-state index in [1.807, 2.05) is 44.0 Å². The lowest BCUT2D eigenvalue weighted by molar-refractivity contribution is 0.0509. The molecular formula is C39H50N8O6S. The number of fused-ring (bicyclic) bond motifs is 4. The van der Waals surface area contributed by atoms with Crippen molar-refractivity contribution < 1.29 is 27.5 Å². The fourth-order valence-electron chi connectivity index (χ4n) is 6.17. The van der Waals surface area contributed by atoms with Gasteiger partial charge in [-0.1, -0.05) is 45.0 Å². The maximum atomic E-state index is 14.6. The van der Waals surface area contributed by atoms with Crippen molar-refractivity contribution in [3.8, 4) is 17.1 Å². The summed E-state index contributed by atoms with van der Waals surface area (Å²) in [5, 5.41) is 0. The van der Waals surface area contributed by atoms with Crippen LogP contribution in [0.2, 0.25) is 0 Å². The number of sulfonamides is 1. The summed E-state index contributed by atoms with van der Waals surface area (Å²) in [6.45, 7) is 14.7. The fraction of sp³-hybridized carbons (Fsp3) is 0.436. The van der Waals surface area contributed by atoms with Crippen LogP contribution in [0, 0.1) is 19.3 Å². The summed E-state index contributed by atoms with van der Waals surface area (Å²) >= 11 is 0. The number of likely N-dealkylation sites (N-methyl/N-ethyl adjacent to an activating group) is 2. The minimum Gasteiger partial charge on any atom is -0.475 e. The SMILES string of the molecule is Cc1cccc(C)c1-c1cc2nc(n1)NS(=O)(=O)c1cccc(c1)C(=O)N(Cc1cncc(N(C)CCN(C)C(=O)OC(C)C)n1)[C@H](CC(C)(C)C)CO2. The predicted octanol–water partition coefficient (Wildman–Crippen LogP) is 6.10. The van der Waals surface area contributed by atoms with Gasteiger partial charge in [-0.3, -0.25) is 9.78 Å². The molecule has 4 aromatic rings. The molecule has 288 valence electrons. The molecule has 0 unspecified atom stereocenters. The van der Waals surface area contributed by atoms with Crippen molar-refractivity contribution in [2.24, 2.45) is 5.41 Å². The maximum absolute atomic E-state index is 14.6. The first-order chi connectivity index (χ1) is 25.4. The summed E-state index contributed by atoms with van der Waals surface area (Å²) in [6, 6.07) is 13.0. The first-order valence-electron chi connectivity index (χ1n) is 17.9. The van der Waals surface area contributed by atoms with Crippen LogP contribution in [-0.4, -0.2) is 96.1 Å². The molecule has 14 nitrogen and oxygen atoms in total. The normalized spacial score (nSPS) is 15.6. The lowest BCUT2D eigenvalue weighted by Crippen LogP contribution is -2.45. The zero-order chi connectivity index (χ0) is 39.4. The number of hydrogen-bond acceptors (Lipinski definition) is 11. The molecule has 0 aliphatic carbocycles. The smallest absolute Gasteiger partial charge is 0.409 e. The molecule has 1 atom stereocenters. The maximum Gasteiger partial charge on any atom is 0.409 e. The summed E-state index contributed by atoms with van der Waals surface area (Å²) in [5.74, 6) is 0.156. The van der Waals surface area contributed by atoms with E-state index in [1.165, 1.54) is 23.1 Å². The summed E-state index contributed by atoms with van der Waals surface area (Å²) < 4.78 is 41.7. The van der Waals surface area contributed by atoms with Crippen LogP contribution >= 0.6 is 0 Å². The molecule has 3 heterocycles. The highest BCUT2D eigenvalue weighted by Gasteiger charge is 2.32. The second-order valence-corrected chi connectivity index (χ2v) is 16.8. The average molecular weight is 759 g/mol. The molecule has 0 fully saturated rings. The topological polar surface area (TPSA) is 160 Å². The molecule has 1 N–H and O–H groups in total. The van der Waals surface area contributed by atoms with Crippen molar-refractivity contribution in [3.05, 3.63) is 83.3 Å². The standard InChI is InChI=1S/C39H50N8O6S/c1-25(2)53-38(49)46(9)17-16-45(8)33-22-40-21-29(41-33)23-47-30(20-39(5,6)7)24-52-34-19-32(35-26(3)12-10-13-27(35)4)42-37(43-34)44-54(50,51)31-15-11-14-28(18-31)36(47)48/h10-15,18-19,21-22,25,30H,16-17,20,23-24H2,1-9H3,(H,42,43,44)/t30-/m1/s1. The highest BCUT2D eigenvalue weighted by molar-refractivity contribution is 7.92. The predicted molar refractivity (Wildman–Crippen MR) is 207 cm³/mol. The quantitative estimate of drug-likeness (QED) is 0.210. The molecule has 2 aromatic heterocycles. The number of aromatic nitrogens is 4. The van der Waals surface area contributed by atoms with E-state index in [0.29, 0.717) is 36.7 Å². The molecule has 0 saturated carbocycles. The van der Waals surface area contributed by atoms with Crippen molar-refractivity contribution in [2.75, 3.05) is 43.4 Å². The van der Waals surface area contributed by atoms with Crippen molar-refractivity contribution >= 4 is 33.8 Å². The summed E-state index contributed by atoms with van der Waals surface area (Å²) in [5.41, 5.74) is 3.69. The second-order valence-electron chi connectivity index (χ2n) is 15.1. The molecule has 2 aromatic carbocycles. The Morgan fingerprint density at radius 1 is 1.02 bits per heavy atom. The van der Waals surface area contributed by atoms with Gasteiger partial charge in [-0.05, 0) is 68.9 Å². The van der Waals surface area contributed by atoms with Gasteiger partial charge in [-0.15, -0.1) is 0 Å². The zero-order valence-corrected chi connectivity index (χ0v) is 33.3. The number of nitrogens with zero attached hydrogens (tertiary/aromatic N) is 7. The molecular weight excluding hydrogens is 709 g/mol. The van der Waals surface area contributed by atoms with Gasteiger partial charge in [0.15, 0.2) is 0 Å². The number of aryl methyl sites for hydroxylation is 2. The van der Waals surface area contributed by atoms with Crippen LogP contribution in [0.25, 0.3) is 11.3 Å². The molecule has 1 aliphatic rings. The molecule has 0 radical (unpaired) electrons. The van der Waals surface area contributed by atoms with Gasteiger partial charge in [0.1, 0.15) is 12.4 Å². The highest BCUT2D eigenvalue weighted by atomic mass is 32.2. The van der Waals surface area contributed by atoms with Crippen LogP contribution in [0.15, 0.2) is 65.8 Å². The minimum atomic E-state index is -4.22. The Labute approximate surface area is 318 Å². The van der Waals surface area contributed by atoms with E-state index in [1.54, 1.807) is 50.3 Å². The van der Waals surface area contributed by atoms with Gasteiger partial charge in [-0.25, -0.2) is 27.9 Å². The van der Waals surface area contributed by atoms with Crippen LogP contribution < -0.4 is 14.4 Å². The van der Waals surface area contributed by atoms with E-state index in [4.69, 9.17) is 14.5 Å². The van der Waals surface area contributed by atoms with Crippen LogP contribution in [-0.2, 0) is 21.3 Å². The van der Waals surface area contributed by atoms with Crippen LogP contribution in [0.3, 0.4) is 0 Å². The summed E-state index contributed by atoms with van der Waals surface area (Å²) in [6.07, 6.45) is 3.11. The van der Waals surface area contributed by atoms with E-state index >= 15 is 0 Å². The highest BCUT2D eigenvalue weighted by Crippen LogP contribution is 2.32. The van der Waals surface area contributed by atoms with Gasteiger partial charge in [0.2, 0.25) is 11.8 Å². The molecule has 2 amide bonds. The Morgan fingerprint density at radius 2 is 1.72 bits per heavy atom. The first-order valence-corrected chi connectivity index (χ1v) is 19.3. The van der Waals surface area contributed by atoms with Gasteiger partial charge in [0, 0.05) is 44.4 Å². The third-order valence-corrected chi connectivity index (χ3v) is 10.2. The van der Waals surface area contributed by atoms with Crippen LogP contribution in [0.5, 0.6) is 5.88 Å². The van der Waals surface area contributed by atoms with Gasteiger partial charge < -0.3 is 24.2 Å². The number of carbonyl (C=O) groups is 2. The third kappa shape index (κ3) is 10.0. The van der Waals surface area contributed by atoms with Crippen LogP contribution in [0.1, 0.15) is 68.2 Å². The van der Waals surface area contributed by atoms with Crippen LogP contribution in [0.4, 0.5) is 16.6 Å². The molecule has 4 bridgehead atoms. The largest absolute Gasteiger partial charge is 0.475 e. The number of carbonyl (C=O) groups excluding carboxylic acids is 2. The van der Waals surface area contributed by atoms with Crippen molar-refractivity contribution in [1.29, 1.82) is 0 Å². The first kappa shape index (κ1) is 39.9. The molecule has 0 saturated heterocycles. The van der Waals surface area contributed by atoms with Crippen molar-refractivity contribution in [2.45, 2.75) is 78.5 Å². The number of hydrogen-bond donors (Lipinski definition) is 1. The number of nitrogens with one attached hydrogen (secondary N) is 1. The Kier molecular flexibility index (Phi) is 12.1. The Bertz CT molecular complexity index is 2080. The van der Waals surface area contributed by atoms with E-state index in [0.717, 1.165) is 16.7 Å². The monoisotopic (exact) mass is 758 g/mol. The lowest BCUT2D eigenvalue weighted by atomic mass is 9.87.